The molecular weight excluding hydrogens is 200 g/mol. The van der Waals surface area contributed by atoms with Crippen LogP contribution in [0.25, 0.3) is 0 Å². The Morgan fingerprint density at radius 1 is 1.25 bits per heavy atom. The van der Waals surface area contributed by atoms with Gasteiger partial charge in [-0.1, -0.05) is 6.42 Å². The van der Waals surface area contributed by atoms with Crippen molar-refractivity contribution >= 4 is 0 Å². The first-order valence-corrected chi connectivity index (χ1v) is 6.52. The van der Waals surface area contributed by atoms with Crippen LogP contribution in [0.15, 0.2) is 6.33 Å². The van der Waals surface area contributed by atoms with Crippen molar-refractivity contribution in [1.82, 2.24) is 20.1 Å². The van der Waals surface area contributed by atoms with Gasteiger partial charge in [0, 0.05) is 12.5 Å². The van der Waals surface area contributed by atoms with E-state index in [0.29, 0.717) is 5.92 Å². The third-order valence-corrected chi connectivity index (χ3v) is 3.93. The van der Waals surface area contributed by atoms with Gasteiger partial charge in [0.15, 0.2) is 5.82 Å². The van der Waals surface area contributed by atoms with Crippen molar-refractivity contribution in [3.63, 3.8) is 0 Å². The zero-order valence-corrected chi connectivity index (χ0v) is 9.73. The molecule has 0 spiro atoms. The Balaban J connectivity index is 1.58. The van der Waals surface area contributed by atoms with Crippen molar-refractivity contribution in [2.75, 3.05) is 13.1 Å². The lowest BCUT2D eigenvalue weighted by atomic mass is 9.85. The topological polar surface area (TPSA) is 42.7 Å². The third kappa shape index (κ3) is 2.12. The fourth-order valence-electron chi connectivity index (χ4n) is 2.58. The number of hydrogen-bond acceptors (Lipinski definition) is 3. The van der Waals surface area contributed by atoms with Crippen LogP contribution in [0.2, 0.25) is 0 Å². The summed E-state index contributed by atoms with van der Waals surface area (Å²) in [4.78, 5) is 4.44. The monoisotopic (exact) mass is 220 g/mol. The summed E-state index contributed by atoms with van der Waals surface area (Å²) in [6.45, 7) is 3.38. The SMILES string of the molecule is c1nc(C2CCC2)nn1CC1CCNCC1. The second-order valence-electron chi connectivity index (χ2n) is 5.15. The summed E-state index contributed by atoms with van der Waals surface area (Å²) in [5.41, 5.74) is 0. The molecule has 2 fully saturated rings. The highest BCUT2D eigenvalue weighted by molar-refractivity contribution is 4.98. The maximum Gasteiger partial charge on any atom is 0.153 e. The van der Waals surface area contributed by atoms with Crippen molar-refractivity contribution in [2.24, 2.45) is 5.92 Å². The third-order valence-electron chi connectivity index (χ3n) is 3.93. The summed E-state index contributed by atoms with van der Waals surface area (Å²) in [6, 6.07) is 0. The fourth-order valence-corrected chi connectivity index (χ4v) is 2.58. The molecule has 0 unspecified atom stereocenters. The van der Waals surface area contributed by atoms with Crippen LogP contribution in [0.4, 0.5) is 0 Å². The van der Waals surface area contributed by atoms with E-state index in [1.807, 2.05) is 6.33 Å². The van der Waals surface area contributed by atoms with E-state index in [-0.39, 0.29) is 0 Å². The Bertz CT molecular complexity index is 337. The lowest BCUT2D eigenvalue weighted by Crippen LogP contribution is -2.30. The highest BCUT2D eigenvalue weighted by Gasteiger charge is 2.23. The first-order chi connectivity index (χ1) is 7.92. The summed E-state index contributed by atoms with van der Waals surface area (Å²) in [5.74, 6) is 2.53. The van der Waals surface area contributed by atoms with Crippen LogP contribution >= 0.6 is 0 Å². The minimum Gasteiger partial charge on any atom is -0.317 e. The Morgan fingerprint density at radius 2 is 2.06 bits per heavy atom. The van der Waals surface area contributed by atoms with E-state index in [4.69, 9.17) is 0 Å². The van der Waals surface area contributed by atoms with Crippen LogP contribution in [-0.2, 0) is 6.54 Å². The fraction of sp³-hybridized carbons (Fsp3) is 0.833. The van der Waals surface area contributed by atoms with Gasteiger partial charge in [0.2, 0.25) is 0 Å². The molecule has 0 bridgehead atoms. The summed E-state index contributed by atoms with van der Waals surface area (Å²) in [6.07, 6.45) is 8.41. The lowest BCUT2D eigenvalue weighted by Gasteiger charge is -2.23. The van der Waals surface area contributed by atoms with E-state index in [1.54, 1.807) is 0 Å². The summed E-state index contributed by atoms with van der Waals surface area (Å²) in [5, 5.41) is 8.01. The molecule has 2 heterocycles. The molecule has 0 aromatic carbocycles. The first kappa shape index (κ1) is 10.3. The predicted molar refractivity (Wildman–Crippen MR) is 62.2 cm³/mol. The predicted octanol–water partition coefficient (Wildman–Crippen LogP) is 1.55. The quantitative estimate of drug-likeness (QED) is 0.840. The van der Waals surface area contributed by atoms with Gasteiger partial charge in [0.25, 0.3) is 0 Å². The normalized spacial score (nSPS) is 23.2. The van der Waals surface area contributed by atoms with Gasteiger partial charge < -0.3 is 5.32 Å². The molecule has 16 heavy (non-hydrogen) atoms. The maximum absolute atomic E-state index is 4.61. The Hall–Kier alpha value is -0.900. The molecule has 88 valence electrons. The van der Waals surface area contributed by atoms with Crippen molar-refractivity contribution in [3.8, 4) is 0 Å². The zero-order chi connectivity index (χ0) is 10.8. The van der Waals surface area contributed by atoms with E-state index in [1.165, 1.54) is 32.1 Å². The van der Waals surface area contributed by atoms with Crippen LogP contribution < -0.4 is 5.32 Å². The molecule has 1 aliphatic carbocycles. The highest BCUT2D eigenvalue weighted by atomic mass is 15.3. The van der Waals surface area contributed by atoms with Gasteiger partial charge in [0.05, 0.1) is 0 Å². The molecule has 1 N–H and O–H groups in total. The number of nitrogens with one attached hydrogen (secondary N) is 1. The van der Waals surface area contributed by atoms with Crippen molar-refractivity contribution in [2.45, 2.75) is 44.6 Å². The summed E-state index contributed by atoms with van der Waals surface area (Å²) < 4.78 is 2.06. The Morgan fingerprint density at radius 3 is 2.75 bits per heavy atom. The second-order valence-corrected chi connectivity index (χ2v) is 5.15. The molecular formula is C12H20N4. The highest BCUT2D eigenvalue weighted by Crippen LogP contribution is 2.34. The average molecular weight is 220 g/mol. The van der Waals surface area contributed by atoms with E-state index in [2.05, 4.69) is 20.1 Å². The van der Waals surface area contributed by atoms with Gasteiger partial charge in [-0.05, 0) is 44.7 Å². The summed E-state index contributed by atoms with van der Waals surface area (Å²) >= 11 is 0. The minimum atomic E-state index is 0.661. The molecule has 0 radical (unpaired) electrons. The molecule has 1 saturated carbocycles. The minimum absolute atomic E-state index is 0.661. The molecule has 0 atom stereocenters. The van der Waals surface area contributed by atoms with Gasteiger partial charge in [-0.15, -0.1) is 0 Å². The van der Waals surface area contributed by atoms with E-state index in [0.717, 1.165) is 31.4 Å². The Labute approximate surface area is 96.4 Å². The molecule has 2 aliphatic rings. The molecule has 4 nitrogen and oxygen atoms in total. The number of nitrogens with zero attached hydrogens (tertiary/aromatic N) is 3. The van der Waals surface area contributed by atoms with Gasteiger partial charge >= 0.3 is 0 Å². The van der Waals surface area contributed by atoms with Crippen LogP contribution in [0, 0.1) is 5.92 Å². The smallest absolute Gasteiger partial charge is 0.153 e. The van der Waals surface area contributed by atoms with Crippen molar-refractivity contribution in [3.05, 3.63) is 12.2 Å². The van der Waals surface area contributed by atoms with Gasteiger partial charge in [-0.3, -0.25) is 4.68 Å². The number of piperidine rings is 1. The van der Waals surface area contributed by atoms with Crippen molar-refractivity contribution < 1.29 is 0 Å². The Kier molecular flexibility index (Phi) is 2.91. The lowest BCUT2D eigenvalue weighted by molar-refractivity contribution is 0.317. The van der Waals surface area contributed by atoms with Crippen LogP contribution in [0.3, 0.4) is 0 Å². The maximum atomic E-state index is 4.61. The number of aromatic nitrogens is 3. The largest absolute Gasteiger partial charge is 0.317 e. The van der Waals surface area contributed by atoms with Crippen LogP contribution in [0.1, 0.15) is 43.8 Å². The van der Waals surface area contributed by atoms with Crippen LogP contribution in [-0.4, -0.2) is 27.9 Å². The van der Waals surface area contributed by atoms with Gasteiger partial charge in [-0.25, -0.2) is 4.98 Å². The number of hydrogen-bond donors (Lipinski definition) is 1. The first-order valence-electron chi connectivity index (χ1n) is 6.52. The van der Waals surface area contributed by atoms with E-state index >= 15 is 0 Å². The standard InChI is InChI=1S/C12H20N4/c1-2-11(3-1)12-14-9-16(15-12)8-10-4-6-13-7-5-10/h9-11,13H,1-8H2. The second kappa shape index (κ2) is 4.53. The zero-order valence-electron chi connectivity index (χ0n) is 9.73. The molecule has 1 aromatic heterocycles. The average Bonchev–Trinajstić information content (AvgIpc) is 2.65. The molecule has 1 saturated heterocycles. The number of rotatable bonds is 3. The molecule has 1 aliphatic heterocycles. The van der Waals surface area contributed by atoms with Gasteiger partial charge in [-0.2, -0.15) is 5.10 Å². The van der Waals surface area contributed by atoms with E-state index in [9.17, 15) is 0 Å². The molecule has 3 rings (SSSR count). The summed E-state index contributed by atoms with van der Waals surface area (Å²) in [7, 11) is 0. The van der Waals surface area contributed by atoms with Crippen LogP contribution in [0.5, 0.6) is 0 Å². The molecule has 0 amide bonds. The molecule has 1 aromatic rings. The van der Waals surface area contributed by atoms with Gasteiger partial charge in [0.1, 0.15) is 6.33 Å². The van der Waals surface area contributed by atoms with E-state index < -0.39 is 0 Å². The molecule has 4 heteroatoms. The van der Waals surface area contributed by atoms with Crippen molar-refractivity contribution in [1.29, 1.82) is 0 Å².